The molecular formula is C30H33ClO9S. The predicted octanol–water partition coefficient (Wildman–Crippen LogP) is 3.49. The highest BCUT2D eigenvalue weighted by molar-refractivity contribution is 7.86. The van der Waals surface area contributed by atoms with Crippen LogP contribution in [0, 0.1) is 6.92 Å². The maximum Gasteiger partial charge on any atom is 0.297 e. The Hall–Kier alpha value is -2.80. The van der Waals surface area contributed by atoms with E-state index in [-0.39, 0.29) is 4.90 Å². The third-order valence-corrected chi connectivity index (χ3v) is 8.57. The Balaban J connectivity index is 1.58. The van der Waals surface area contributed by atoms with Gasteiger partial charge in [0.15, 0.2) is 0 Å². The molecule has 3 N–H and O–H groups in total. The Bertz CT molecular complexity index is 1440. The second kappa shape index (κ2) is 13.0. The van der Waals surface area contributed by atoms with E-state index in [1.54, 1.807) is 36.4 Å². The fourth-order valence-corrected chi connectivity index (χ4v) is 5.69. The van der Waals surface area contributed by atoms with Gasteiger partial charge >= 0.3 is 0 Å². The Kier molecular flexibility index (Phi) is 9.89. The van der Waals surface area contributed by atoms with Crippen LogP contribution in [0.4, 0.5) is 0 Å². The second-order valence-corrected chi connectivity index (χ2v) is 11.8. The third kappa shape index (κ3) is 6.82. The van der Waals surface area contributed by atoms with Gasteiger partial charge in [0.1, 0.15) is 36.8 Å². The average molecular weight is 605 g/mol. The van der Waals surface area contributed by atoms with Crippen molar-refractivity contribution < 1.29 is 42.1 Å². The maximum atomic E-state index is 12.7. The van der Waals surface area contributed by atoms with Gasteiger partial charge in [-0.2, -0.15) is 8.42 Å². The van der Waals surface area contributed by atoms with Gasteiger partial charge in [-0.15, -0.1) is 0 Å². The van der Waals surface area contributed by atoms with E-state index in [1.807, 2.05) is 31.2 Å². The van der Waals surface area contributed by atoms with Gasteiger partial charge in [-0.3, -0.25) is 4.18 Å². The molecule has 1 saturated heterocycles. The van der Waals surface area contributed by atoms with E-state index < -0.39 is 46.9 Å². The first-order chi connectivity index (χ1) is 19.5. The summed E-state index contributed by atoms with van der Waals surface area (Å²) in [6.45, 7) is 5.19. The lowest BCUT2D eigenvalue weighted by Crippen LogP contribution is -2.64. The highest BCUT2D eigenvalue weighted by Crippen LogP contribution is 2.41. The van der Waals surface area contributed by atoms with Gasteiger partial charge in [0.2, 0.25) is 5.79 Å². The van der Waals surface area contributed by atoms with Gasteiger partial charge in [0.25, 0.3) is 10.1 Å². The minimum atomic E-state index is -4.20. The van der Waals surface area contributed by atoms with Crippen LogP contribution in [-0.4, -0.2) is 68.5 Å². The van der Waals surface area contributed by atoms with E-state index in [4.69, 9.17) is 30.0 Å². The number of ether oxygens (including phenoxy) is 3. The van der Waals surface area contributed by atoms with E-state index >= 15 is 0 Å². The second-order valence-electron chi connectivity index (χ2n) is 9.73. The number of aliphatic hydroxyl groups is 3. The van der Waals surface area contributed by atoms with E-state index in [2.05, 4.69) is 6.58 Å². The van der Waals surface area contributed by atoms with Crippen molar-refractivity contribution in [3.63, 3.8) is 0 Å². The van der Waals surface area contributed by atoms with E-state index in [0.29, 0.717) is 34.9 Å². The molecule has 41 heavy (non-hydrogen) atoms. The highest BCUT2D eigenvalue weighted by Gasteiger charge is 2.55. The zero-order chi connectivity index (χ0) is 29.8. The van der Waals surface area contributed by atoms with Crippen molar-refractivity contribution in [2.45, 2.75) is 48.4 Å². The molecule has 4 rings (SSSR count). The van der Waals surface area contributed by atoms with Crippen molar-refractivity contribution in [1.29, 1.82) is 0 Å². The van der Waals surface area contributed by atoms with Crippen molar-refractivity contribution >= 4 is 21.7 Å². The minimum Gasteiger partial charge on any atom is -0.490 e. The van der Waals surface area contributed by atoms with Gasteiger partial charge in [0.05, 0.1) is 11.5 Å². The molecule has 1 heterocycles. The number of aryl methyl sites for hydroxylation is 1. The summed E-state index contributed by atoms with van der Waals surface area (Å²) in [4.78, 5) is -0.0744. The van der Waals surface area contributed by atoms with Crippen molar-refractivity contribution in [2.24, 2.45) is 0 Å². The molecule has 1 aliphatic heterocycles. The maximum absolute atomic E-state index is 12.7. The first-order valence-electron chi connectivity index (χ1n) is 12.9. The van der Waals surface area contributed by atoms with Crippen LogP contribution in [0.1, 0.15) is 22.3 Å². The fourth-order valence-electron chi connectivity index (χ4n) is 4.59. The summed E-state index contributed by atoms with van der Waals surface area (Å²) in [5.41, 5.74) is 2.77. The van der Waals surface area contributed by atoms with Gasteiger partial charge in [0, 0.05) is 17.7 Å². The Morgan fingerprint density at radius 3 is 2.34 bits per heavy atom. The van der Waals surface area contributed by atoms with Gasteiger partial charge < -0.3 is 29.5 Å². The molecule has 1 fully saturated rings. The number of hydrogen-bond donors (Lipinski definition) is 3. The SMILES string of the molecule is C=CCOc1ccc(Cc2cc([C@]3(OC)O[C@H](COS(=O)(=O)c4ccc(C)cc4)[C@H](O)[C@H](O)[C@H]3O)ccc2Cl)cc1. The summed E-state index contributed by atoms with van der Waals surface area (Å²) in [6.07, 6.45) is -4.46. The summed E-state index contributed by atoms with van der Waals surface area (Å²) in [6, 6.07) is 18.3. The molecule has 1 aliphatic rings. The van der Waals surface area contributed by atoms with Crippen LogP contribution in [0.15, 0.2) is 84.3 Å². The van der Waals surface area contributed by atoms with Crippen LogP contribution >= 0.6 is 11.6 Å². The first-order valence-corrected chi connectivity index (χ1v) is 14.6. The normalized spacial score (nSPS) is 24.6. The molecule has 0 aromatic heterocycles. The van der Waals surface area contributed by atoms with Crippen molar-refractivity contribution in [2.75, 3.05) is 20.3 Å². The molecule has 0 radical (unpaired) electrons. The van der Waals surface area contributed by atoms with Crippen molar-refractivity contribution in [1.82, 2.24) is 0 Å². The lowest BCUT2D eigenvalue weighted by Gasteiger charge is -2.48. The van der Waals surface area contributed by atoms with Gasteiger partial charge in [-0.05, 0) is 60.9 Å². The Morgan fingerprint density at radius 2 is 1.71 bits per heavy atom. The topological polar surface area (TPSA) is 132 Å². The highest BCUT2D eigenvalue weighted by atomic mass is 35.5. The molecule has 11 heteroatoms. The number of aliphatic hydroxyl groups excluding tert-OH is 3. The molecule has 0 unspecified atom stereocenters. The molecule has 220 valence electrons. The molecular weight excluding hydrogens is 572 g/mol. The van der Waals surface area contributed by atoms with E-state index in [1.165, 1.54) is 19.2 Å². The van der Waals surface area contributed by atoms with E-state index in [9.17, 15) is 23.7 Å². The fraction of sp³-hybridized carbons (Fsp3) is 0.333. The zero-order valence-corrected chi connectivity index (χ0v) is 24.2. The summed E-state index contributed by atoms with van der Waals surface area (Å²) < 4.78 is 47.8. The Morgan fingerprint density at radius 1 is 1.02 bits per heavy atom. The molecule has 0 saturated carbocycles. The summed E-state index contributed by atoms with van der Waals surface area (Å²) in [5.74, 6) is -1.28. The lowest BCUT2D eigenvalue weighted by molar-refractivity contribution is -0.365. The van der Waals surface area contributed by atoms with Crippen LogP contribution in [0.5, 0.6) is 5.75 Å². The zero-order valence-electron chi connectivity index (χ0n) is 22.6. The molecule has 0 spiro atoms. The van der Waals surface area contributed by atoms with Crippen molar-refractivity contribution in [3.05, 3.63) is 107 Å². The quantitative estimate of drug-likeness (QED) is 0.222. The molecule has 3 aromatic carbocycles. The molecule has 0 amide bonds. The molecule has 5 atom stereocenters. The average Bonchev–Trinajstić information content (AvgIpc) is 2.97. The monoisotopic (exact) mass is 604 g/mol. The summed E-state index contributed by atoms with van der Waals surface area (Å²) >= 11 is 6.50. The van der Waals surface area contributed by atoms with Crippen LogP contribution in [-0.2, 0) is 36.0 Å². The van der Waals surface area contributed by atoms with Crippen LogP contribution in [0.25, 0.3) is 0 Å². The standard InChI is InChI=1S/C30H33ClO9S/c1-4-15-38-23-10-7-20(8-11-23)16-21-17-22(9-14-25(21)31)30(37-3)29(34)28(33)27(32)26(40-30)18-39-41(35,36)24-12-5-19(2)6-13-24/h4-14,17,26-29,32-34H,1,15-16,18H2,2-3H3/t26-,27+,28+,29-,30+/m1/s1. The van der Waals surface area contributed by atoms with E-state index in [0.717, 1.165) is 11.1 Å². The summed E-state index contributed by atoms with van der Waals surface area (Å²) in [7, 11) is -2.93. The Labute approximate surface area is 244 Å². The van der Waals surface area contributed by atoms with Crippen molar-refractivity contribution in [3.8, 4) is 5.75 Å². The smallest absolute Gasteiger partial charge is 0.297 e. The lowest BCUT2D eigenvalue weighted by atomic mass is 9.87. The van der Waals surface area contributed by atoms with Crippen LogP contribution in [0.2, 0.25) is 5.02 Å². The first kappa shape index (κ1) is 31.1. The number of hydrogen-bond acceptors (Lipinski definition) is 9. The number of rotatable bonds is 11. The minimum absolute atomic E-state index is 0.0744. The predicted molar refractivity (Wildman–Crippen MR) is 152 cm³/mol. The third-order valence-electron chi connectivity index (χ3n) is 6.90. The van der Waals surface area contributed by atoms with Crippen LogP contribution in [0.3, 0.4) is 0 Å². The van der Waals surface area contributed by atoms with Crippen LogP contribution < -0.4 is 4.74 Å². The number of benzene rings is 3. The molecule has 9 nitrogen and oxygen atoms in total. The number of halogens is 1. The number of methoxy groups -OCH3 is 1. The summed E-state index contributed by atoms with van der Waals surface area (Å²) in [5, 5.41) is 32.9. The molecule has 0 aliphatic carbocycles. The molecule has 0 bridgehead atoms. The van der Waals surface area contributed by atoms with Gasteiger partial charge in [-0.25, -0.2) is 0 Å². The van der Waals surface area contributed by atoms with Gasteiger partial charge in [-0.1, -0.05) is 60.2 Å². The largest absolute Gasteiger partial charge is 0.490 e. The molecule has 3 aromatic rings.